The molecule has 2 bridgehead atoms. The molecule has 1 aromatic carbocycles. The van der Waals surface area contributed by atoms with Gasteiger partial charge in [0.05, 0.1) is 29.6 Å². The van der Waals surface area contributed by atoms with Crippen LogP contribution < -0.4 is 0 Å². The Labute approximate surface area is 228 Å². The molecule has 1 aromatic rings. The Morgan fingerprint density at radius 1 is 1.10 bits per heavy atom. The number of allylic oxidation sites excluding steroid dienone is 1. The van der Waals surface area contributed by atoms with E-state index in [2.05, 4.69) is 0 Å². The van der Waals surface area contributed by atoms with E-state index in [0.717, 1.165) is 5.57 Å². The van der Waals surface area contributed by atoms with Crippen molar-refractivity contribution in [1.82, 2.24) is 0 Å². The van der Waals surface area contributed by atoms with Crippen molar-refractivity contribution in [3.05, 3.63) is 47.0 Å². The maximum absolute atomic E-state index is 14.4. The molecule has 0 spiro atoms. The van der Waals surface area contributed by atoms with Gasteiger partial charge in [-0.2, -0.15) is 0 Å². The Kier molecular flexibility index (Phi) is 6.42. The Hall–Kier alpha value is -2.59. The monoisotopic (exact) mass is 542 g/mol. The van der Waals surface area contributed by atoms with E-state index in [1.165, 1.54) is 13.8 Å². The molecule has 0 aromatic heterocycles. The number of Topliss-reactive ketones (excluding diaryl/α,β-unsaturated/α-hetero) is 1. The van der Waals surface area contributed by atoms with Gasteiger partial charge in [0, 0.05) is 18.8 Å². The fraction of sp³-hybridized carbons (Fsp3) is 0.633. The topological polar surface area (TPSA) is 140 Å². The molecule has 3 N–H and O–H groups in total. The van der Waals surface area contributed by atoms with E-state index < -0.39 is 70.1 Å². The van der Waals surface area contributed by atoms with Gasteiger partial charge in [0.1, 0.15) is 23.9 Å². The lowest BCUT2D eigenvalue weighted by Gasteiger charge is -2.67. The molecule has 1 heterocycles. The average Bonchev–Trinajstić information content (AvgIpc) is 2.87. The predicted molar refractivity (Wildman–Crippen MR) is 138 cm³/mol. The zero-order chi connectivity index (χ0) is 28.7. The second-order valence-corrected chi connectivity index (χ2v) is 12.6. The summed E-state index contributed by atoms with van der Waals surface area (Å²) in [5.74, 6) is -3.52. The third-order valence-electron chi connectivity index (χ3n) is 10.3. The van der Waals surface area contributed by atoms with Crippen LogP contribution in [0, 0.1) is 22.7 Å². The molecule has 5 rings (SSSR count). The average molecular weight is 543 g/mol. The van der Waals surface area contributed by atoms with E-state index in [1.807, 2.05) is 13.8 Å². The molecule has 39 heavy (non-hydrogen) atoms. The summed E-state index contributed by atoms with van der Waals surface area (Å²) in [6.45, 7) is 9.81. The minimum Gasteiger partial charge on any atom is -0.455 e. The van der Waals surface area contributed by atoms with E-state index in [9.17, 15) is 29.7 Å². The number of esters is 2. The molecule has 3 fully saturated rings. The number of rotatable bonds is 3. The molecule has 0 amide bonds. The predicted octanol–water partition coefficient (Wildman–Crippen LogP) is 2.36. The number of ether oxygens (including phenoxy) is 3. The number of ketones is 1. The van der Waals surface area contributed by atoms with Crippen molar-refractivity contribution < 1.29 is 43.9 Å². The molecule has 9 heteroatoms. The van der Waals surface area contributed by atoms with Crippen LogP contribution in [-0.2, 0) is 23.8 Å². The largest absolute Gasteiger partial charge is 0.455 e. The Morgan fingerprint density at radius 3 is 2.31 bits per heavy atom. The van der Waals surface area contributed by atoms with Crippen LogP contribution in [0.5, 0.6) is 0 Å². The lowest BCUT2D eigenvalue weighted by molar-refractivity contribution is -0.345. The first-order valence-corrected chi connectivity index (χ1v) is 13.5. The molecule has 9 nitrogen and oxygen atoms in total. The maximum atomic E-state index is 14.4. The molecule has 4 aliphatic rings. The van der Waals surface area contributed by atoms with Gasteiger partial charge in [-0.1, -0.05) is 44.5 Å². The van der Waals surface area contributed by atoms with Gasteiger partial charge in [-0.3, -0.25) is 9.59 Å². The first-order chi connectivity index (χ1) is 18.1. The minimum absolute atomic E-state index is 0.0334. The molecule has 212 valence electrons. The normalized spacial score (nSPS) is 42.7. The molecule has 1 saturated heterocycles. The second kappa shape index (κ2) is 8.96. The van der Waals surface area contributed by atoms with Crippen LogP contribution in [0.15, 0.2) is 41.5 Å². The third-order valence-corrected chi connectivity index (χ3v) is 10.3. The van der Waals surface area contributed by atoms with Crippen LogP contribution in [0.4, 0.5) is 0 Å². The summed E-state index contributed by atoms with van der Waals surface area (Å²) in [7, 11) is 0. The zero-order valence-electron chi connectivity index (χ0n) is 23.3. The first-order valence-electron chi connectivity index (χ1n) is 13.5. The van der Waals surface area contributed by atoms with Gasteiger partial charge in [-0.15, -0.1) is 0 Å². The molecular weight excluding hydrogens is 504 g/mol. The third kappa shape index (κ3) is 3.63. The van der Waals surface area contributed by atoms with Crippen LogP contribution in [0.2, 0.25) is 0 Å². The van der Waals surface area contributed by atoms with Crippen molar-refractivity contribution >= 4 is 17.7 Å². The smallest absolute Gasteiger partial charge is 0.338 e. The van der Waals surface area contributed by atoms with Crippen LogP contribution >= 0.6 is 0 Å². The molecule has 1 aliphatic heterocycles. The van der Waals surface area contributed by atoms with E-state index in [-0.39, 0.29) is 30.9 Å². The number of aliphatic hydroxyl groups excluding tert-OH is 2. The number of benzene rings is 1. The minimum atomic E-state index is -1.82. The van der Waals surface area contributed by atoms with Gasteiger partial charge < -0.3 is 29.5 Å². The summed E-state index contributed by atoms with van der Waals surface area (Å²) in [6.07, 6.45) is -5.05. The fourth-order valence-electron chi connectivity index (χ4n) is 7.92. The molecule has 3 aliphatic carbocycles. The maximum Gasteiger partial charge on any atom is 0.338 e. The first kappa shape index (κ1) is 28.0. The van der Waals surface area contributed by atoms with Gasteiger partial charge in [-0.25, -0.2) is 4.79 Å². The Balaban J connectivity index is 1.81. The summed E-state index contributed by atoms with van der Waals surface area (Å²) in [6, 6.07) is 8.29. The standard InChI is InChI=1S/C30H38O9/c1-15-13-30(36)25(38-26(35)18-10-8-7-9-11-18)23-28(6,24(34)22(33)21(16(15)2)27(30,4)5)19(32)12-20-29(23,14-37-20)39-17(3)31/h7-11,15,19-20,22-23,25,32-33,36H,12-14H2,1-6H3/t15-,19-,20+,22+,23?,25?,28+,29-,30+/m0/s1. The number of hydrogen-bond donors (Lipinski definition) is 3. The van der Waals surface area contributed by atoms with Crippen LogP contribution in [0.1, 0.15) is 64.7 Å². The van der Waals surface area contributed by atoms with Crippen molar-refractivity contribution in [2.45, 2.75) is 90.0 Å². The highest BCUT2D eigenvalue weighted by Gasteiger charge is 2.77. The fourth-order valence-corrected chi connectivity index (χ4v) is 7.92. The lowest BCUT2D eigenvalue weighted by Crippen LogP contribution is -2.81. The summed E-state index contributed by atoms with van der Waals surface area (Å²) in [5.41, 5.74) is -4.91. The summed E-state index contributed by atoms with van der Waals surface area (Å²) in [5, 5.41) is 36.0. The van der Waals surface area contributed by atoms with Gasteiger partial charge in [0.2, 0.25) is 0 Å². The number of carbonyl (C=O) groups is 3. The lowest BCUT2D eigenvalue weighted by atomic mass is 9.44. The highest BCUT2D eigenvalue weighted by Crippen LogP contribution is 2.64. The van der Waals surface area contributed by atoms with Gasteiger partial charge in [0.25, 0.3) is 0 Å². The molecule has 9 atom stereocenters. The summed E-state index contributed by atoms with van der Waals surface area (Å²) in [4.78, 5) is 40.5. The molecular formula is C30H38O9. The van der Waals surface area contributed by atoms with E-state index in [4.69, 9.17) is 14.2 Å². The summed E-state index contributed by atoms with van der Waals surface area (Å²) >= 11 is 0. The van der Waals surface area contributed by atoms with E-state index in [1.54, 1.807) is 44.2 Å². The van der Waals surface area contributed by atoms with Crippen molar-refractivity contribution in [2.75, 3.05) is 6.61 Å². The Morgan fingerprint density at radius 2 is 1.74 bits per heavy atom. The summed E-state index contributed by atoms with van der Waals surface area (Å²) < 4.78 is 17.9. The van der Waals surface area contributed by atoms with Gasteiger partial charge in [0.15, 0.2) is 11.4 Å². The van der Waals surface area contributed by atoms with Gasteiger partial charge >= 0.3 is 11.9 Å². The van der Waals surface area contributed by atoms with Crippen LogP contribution in [0.3, 0.4) is 0 Å². The van der Waals surface area contributed by atoms with E-state index in [0.29, 0.717) is 5.57 Å². The molecule has 2 unspecified atom stereocenters. The SMILES string of the molecule is CC(=O)O[C@@]12CO[C@@H]1C[C@H](O)[C@@]1(C)C(=O)[C@H](O)C3=C(C)[C@@H](C)C[C@@](O)(C(OC(=O)c4ccccc4)C12)C3(C)C. The van der Waals surface area contributed by atoms with Crippen molar-refractivity contribution in [2.24, 2.45) is 22.7 Å². The number of aliphatic hydroxyl groups is 3. The van der Waals surface area contributed by atoms with Gasteiger partial charge in [-0.05, 0) is 43.9 Å². The Bertz CT molecular complexity index is 1240. The number of carbonyl (C=O) groups excluding carboxylic acids is 3. The zero-order valence-corrected chi connectivity index (χ0v) is 23.3. The highest BCUT2D eigenvalue weighted by molar-refractivity contribution is 5.94. The van der Waals surface area contributed by atoms with Crippen molar-refractivity contribution in [3.63, 3.8) is 0 Å². The quantitative estimate of drug-likeness (QED) is 0.388. The second-order valence-electron chi connectivity index (χ2n) is 12.6. The van der Waals surface area contributed by atoms with Crippen LogP contribution in [-0.4, -0.2) is 75.3 Å². The number of fused-ring (bicyclic) bond motifs is 5. The number of hydrogen-bond acceptors (Lipinski definition) is 9. The van der Waals surface area contributed by atoms with E-state index >= 15 is 0 Å². The molecule has 2 saturated carbocycles. The van der Waals surface area contributed by atoms with Crippen molar-refractivity contribution in [3.8, 4) is 0 Å². The highest BCUT2D eigenvalue weighted by atomic mass is 16.6. The molecule has 0 radical (unpaired) electrons. The van der Waals surface area contributed by atoms with Crippen molar-refractivity contribution in [1.29, 1.82) is 0 Å². The van der Waals surface area contributed by atoms with Crippen LogP contribution in [0.25, 0.3) is 0 Å².